The molecule has 0 bridgehead atoms. The third-order valence-electron chi connectivity index (χ3n) is 5.96. The van der Waals surface area contributed by atoms with Gasteiger partial charge in [-0.25, -0.2) is 0 Å². The second-order valence-corrected chi connectivity index (χ2v) is 12.0. The first kappa shape index (κ1) is 28.2. The number of carbonyl (C=O) groups excluding carboxylic acids is 2. The van der Waals surface area contributed by atoms with E-state index in [4.69, 9.17) is 21.1 Å². The fraction of sp³-hybridized carbons (Fsp3) is 0.214. The summed E-state index contributed by atoms with van der Waals surface area (Å²) in [6, 6.07) is 15.2. The summed E-state index contributed by atoms with van der Waals surface area (Å²) in [6.45, 7) is 4.56. The summed E-state index contributed by atoms with van der Waals surface area (Å²) in [4.78, 5) is 28.8. The van der Waals surface area contributed by atoms with E-state index in [-0.39, 0.29) is 10.7 Å². The topological polar surface area (TPSA) is 102 Å². The van der Waals surface area contributed by atoms with Crippen LogP contribution < -0.4 is 14.4 Å². The molecular weight excluding hydrogens is 590 g/mol. The van der Waals surface area contributed by atoms with Gasteiger partial charge in [-0.1, -0.05) is 59.0 Å². The number of amides is 1. The van der Waals surface area contributed by atoms with Gasteiger partial charge in [0.05, 0.1) is 29.7 Å². The molecule has 0 fully saturated rings. The quantitative estimate of drug-likeness (QED) is 0.108. The first-order valence-electron chi connectivity index (χ1n) is 12.4. The van der Waals surface area contributed by atoms with Crippen molar-refractivity contribution in [3.8, 4) is 11.5 Å². The molecule has 4 aromatic rings. The van der Waals surface area contributed by atoms with E-state index < -0.39 is 23.5 Å². The molecular formula is C28H24ClN3O5S3. The predicted octanol–water partition coefficient (Wildman–Crippen LogP) is 7.13. The standard InChI is InChI=1S/C28H24ClN3O5S3/c1-3-36-19-12-9-17(14-20(19)37-4-2)23-22(24(33)21-6-5-13-38-21)25(34)26(35)32(23)27-30-31-28(40-27)39-15-16-7-10-18(29)11-8-16/h5-14,23,34H,3-4,15H2,1-2H3. The normalized spacial score (nSPS) is 15.1. The van der Waals surface area contributed by atoms with Gasteiger partial charge in [0.25, 0.3) is 5.91 Å². The predicted molar refractivity (Wildman–Crippen MR) is 158 cm³/mol. The Morgan fingerprint density at radius 3 is 2.52 bits per heavy atom. The Hall–Kier alpha value is -3.38. The highest BCUT2D eigenvalue weighted by Crippen LogP contribution is 2.45. The lowest BCUT2D eigenvalue weighted by molar-refractivity contribution is -0.117. The number of Topliss-reactive ketones (excluding diaryl/α,β-unsaturated/α-hetero) is 1. The molecule has 0 spiro atoms. The van der Waals surface area contributed by atoms with Crippen molar-refractivity contribution in [1.82, 2.24) is 10.2 Å². The smallest absolute Gasteiger partial charge is 0.296 e. The molecule has 2 aromatic heterocycles. The lowest BCUT2D eigenvalue weighted by Gasteiger charge is -2.25. The molecule has 8 nitrogen and oxygen atoms in total. The minimum absolute atomic E-state index is 0.0235. The summed E-state index contributed by atoms with van der Waals surface area (Å²) < 4.78 is 12.2. The van der Waals surface area contributed by atoms with E-state index in [1.165, 1.54) is 39.3 Å². The molecule has 0 saturated carbocycles. The van der Waals surface area contributed by atoms with Crippen LogP contribution in [0.3, 0.4) is 0 Å². The average Bonchev–Trinajstić information content (AvgIpc) is 3.70. The molecule has 1 unspecified atom stereocenters. The zero-order valence-corrected chi connectivity index (χ0v) is 24.7. The minimum atomic E-state index is -0.945. The van der Waals surface area contributed by atoms with Crippen LogP contribution in [0, 0.1) is 0 Å². The second kappa shape index (κ2) is 12.4. The molecule has 1 amide bonds. The zero-order chi connectivity index (χ0) is 28.2. The third kappa shape index (κ3) is 5.73. The zero-order valence-electron chi connectivity index (χ0n) is 21.5. The van der Waals surface area contributed by atoms with Gasteiger partial charge in [-0.05, 0) is 60.7 Å². The highest BCUT2D eigenvalue weighted by molar-refractivity contribution is 8.00. The number of hydrogen-bond acceptors (Lipinski definition) is 10. The number of thioether (sulfide) groups is 1. The molecule has 1 aliphatic heterocycles. The van der Waals surface area contributed by atoms with Gasteiger partial charge in [0, 0.05) is 10.8 Å². The summed E-state index contributed by atoms with van der Waals surface area (Å²) in [5, 5.41) is 22.3. The Morgan fingerprint density at radius 2 is 1.82 bits per heavy atom. The van der Waals surface area contributed by atoms with E-state index in [0.717, 1.165) is 5.56 Å². The Bertz CT molecular complexity index is 1550. The summed E-state index contributed by atoms with van der Waals surface area (Å²) >= 11 is 9.90. The highest BCUT2D eigenvalue weighted by atomic mass is 35.5. The number of ketones is 1. The highest BCUT2D eigenvalue weighted by Gasteiger charge is 2.46. The summed E-state index contributed by atoms with van der Waals surface area (Å²) in [6.07, 6.45) is 0. The van der Waals surface area contributed by atoms with Crippen LogP contribution >= 0.6 is 46.0 Å². The molecule has 40 heavy (non-hydrogen) atoms. The molecule has 3 heterocycles. The van der Waals surface area contributed by atoms with Crippen molar-refractivity contribution in [2.45, 2.75) is 30.0 Å². The van der Waals surface area contributed by atoms with E-state index >= 15 is 0 Å². The van der Waals surface area contributed by atoms with Crippen molar-refractivity contribution in [3.63, 3.8) is 0 Å². The first-order chi connectivity index (χ1) is 19.4. The number of carbonyl (C=O) groups is 2. The Morgan fingerprint density at radius 1 is 1.07 bits per heavy atom. The van der Waals surface area contributed by atoms with Gasteiger partial charge in [0.2, 0.25) is 10.9 Å². The molecule has 0 aliphatic carbocycles. The van der Waals surface area contributed by atoms with Crippen LogP contribution in [0.5, 0.6) is 11.5 Å². The SMILES string of the molecule is CCOc1ccc(C2C(C(=O)c3cccs3)=C(O)C(=O)N2c2nnc(SCc3ccc(Cl)cc3)s2)cc1OCC. The van der Waals surface area contributed by atoms with Crippen LogP contribution in [0.15, 0.2) is 75.6 Å². The molecule has 206 valence electrons. The maximum atomic E-state index is 13.6. The number of ether oxygens (including phenoxy) is 2. The van der Waals surface area contributed by atoms with Crippen LogP contribution in [0.2, 0.25) is 5.02 Å². The van der Waals surface area contributed by atoms with Crippen molar-refractivity contribution in [1.29, 1.82) is 0 Å². The number of rotatable bonds is 11. The lowest BCUT2D eigenvalue weighted by Crippen LogP contribution is -2.31. The first-order valence-corrected chi connectivity index (χ1v) is 15.4. The number of thiophene rings is 1. The van der Waals surface area contributed by atoms with Crippen LogP contribution in [-0.2, 0) is 10.5 Å². The fourth-order valence-corrected chi connectivity index (χ4v) is 6.84. The van der Waals surface area contributed by atoms with E-state index in [9.17, 15) is 14.7 Å². The minimum Gasteiger partial charge on any atom is -0.503 e. The molecule has 1 N–H and O–H groups in total. The number of hydrogen-bond donors (Lipinski definition) is 1. The number of aliphatic hydroxyl groups is 1. The maximum Gasteiger partial charge on any atom is 0.296 e. The van der Waals surface area contributed by atoms with Gasteiger partial charge in [-0.3, -0.25) is 14.5 Å². The van der Waals surface area contributed by atoms with Gasteiger partial charge in [0.15, 0.2) is 21.6 Å². The molecule has 12 heteroatoms. The fourth-order valence-electron chi connectivity index (χ4n) is 4.21. The number of nitrogens with zero attached hydrogens (tertiary/aromatic N) is 3. The third-order valence-corrected chi connectivity index (χ3v) is 9.21. The van der Waals surface area contributed by atoms with Gasteiger partial charge >= 0.3 is 0 Å². The van der Waals surface area contributed by atoms with Gasteiger partial charge in [-0.2, -0.15) is 0 Å². The van der Waals surface area contributed by atoms with E-state index in [0.29, 0.717) is 50.3 Å². The van der Waals surface area contributed by atoms with Crippen LogP contribution in [0.4, 0.5) is 5.13 Å². The summed E-state index contributed by atoms with van der Waals surface area (Å²) in [5.74, 6) is -0.115. The van der Waals surface area contributed by atoms with Crippen LogP contribution in [0.25, 0.3) is 0 Å². The van der Waals surface area contributed by atoms with Crippen molar-refractivity contribution in [2.24, 2.45) is 0 Å². The number of halogens is 1. The molecule has 1 aliphatic rings. The summed E-state index contributed by atoms with van der Waals surface area (Å²) in [7, 11) is 0. The maximum absolute atomic E-state index is 13.6. The van der Waals surface area contributed by atoms with Crippen LogP contribution in [-0.4, -0.2) is 40.2 Å². The number of anilines is 1. The number of aromatic nitrogens is 2. The Balaban J connectivity index is 1.52. The average molecular weight is 614 g/mol. The molecule has 0 saturated heterocycles. The van der Waals surface area contributed by atoms with E-state index in [1.54, 1.807) is 35.7 Å². The van der Waals surface area contributed by atoms with Gasteiger partial charge in [0.1, 0.15) is 0 Å². The van der Waals surface area contributed by atoms with Crippen molar-refractivity contribution in [3.05, 3.63) is 92.3 Å². The number of benzene rings is 2. The van der Waals surface area contributed by atoms with Crippen molar-refractivity contribution < 1.29 is 24.2 Å². The number of aliphatic hydroxyl groups excluding tert-OH is 1. The molecule has 2 aromatic carbocycles. The van der Waals surface area contributed by atoms with Crippen LogP contribution in [0.1, 0.15) is 40.7 Å². The Kier molecular flexibility index (Phi) is 8.75. The Labute approximate surface area is 248 Å². The molecule has 5 rings (SSSR count). The van der Waals surface area contributed by atoms with E-state index in [2.05, 4.69) is 10.2 Å². The van der Waals surface area contributed by atoms with Crippen molar-refractivity contribution in [2.75, 3.05) is 18.1 Å². The van der Waals surface area contributed by atoms with E-state index in [1.807, 2.05) is 38.1 Å². The molecule has 1 atom stereocenters. The largest absolute Gasteiger partial charge is 0.503 e. The molecule has 0 radical (unpaired) electrons. The monoisotopic (exact) mass is 613 g/mol. The van der Waals surface area contributed by atoms with Crippen molar-refractivity contribution >= 4 is 62.9 Å². The van der Waals surface area contributed by atoms with Gasteiger partial charge in [-0.15, -0.1) is 21.5 Å². The summed E-state index contributed by atoms with van der Waals surface area (Å²) in [5.41, 5.74) is 1.60. The van der Waals surface area contributed by atoms with Gasteiger partial charge < -0.3 is 14.6 Å². The second-order valence-electron chi connectivity index (χ2n) is 8.48. The lowest BCUT2D eigenvalue weighted by atomic mass is 9.95.